The van der Waals surface area contributed by atoms with Crippen LogP contribution in [-0.4, -0.2) is 20.9 Å². The number of hydrogen-bond donors (Lipinski definition) is 3. The normalized spacial score (nSPS) is 10.1. The van der Waals surface area contributed by atoms with E-state index in [-0.39, 0.29) is 16.9 Å². The molecule has 0 atom stereocenters. The number of nitrogens with zero attached hydrogens (tertiary/aromatic N) is 2. The third kappa shape index (κ3) is 2.29. The zero-order valence-corrected chi connectivity index (χ0v) is 8.82. The van der Waals surface area contributed by atoms with Gasteiger partial charge in [-0.25, -0.2) is 9.97 Å². The van der Waals surface area contributed by atoms with E-state index >= 15 is 0 Å². The van der Waals surface area contributed by atoms with Crippen LogP contribution in [0.2, 0.25) is 5.15 Å². The van der Waals surface area contributed by atoms with Crippen LogP contribution in [0.1, 0.15) is 10.4 Å². The Balaban J connectivity index is 2.21. The summed E-state index contributed by atoms with van der Waals surface area (Å²) in [5.41, 5.74) is 5.80. The number of aromatic amines is 1. The van der Waals surface area contributed by atoms with Gasteiger partial charge in [0.15, 0.2) is 0 Å². The van der Waals surface area contributed by atoms with Gasteiger partial charge in [0, 0.05) is 18.0 Å². The molecule has 4 N–H and O–H groups in total. The summed E-state index contributed by atoms with van der Waals surface area (Å²) in [7, 11) is 0. The average Bonchev–Trinajstić information content (AvgIpc) is 2.68. The number of carbonyl (C=O) groups excluding carboxylic acids is 1. The summed E-state index contributed by atoms with van der Waals surface area (Å²) in [6.07, 6.45) is 3.13. The molecule has 0 aliphatic carbocycles. The fraction of sp³-hybridized carbons (Fsp3) is 0. The van der Waals surface area contributed by atoms with E-state index in [0.717, 1.165) is 0 Å². The molecule has 0 bridgehead atoms. The van der Waals surface area contributed by atoms with Gasteiger partial charge >= 0.3 is 0 Å². The van der Waals surface area contributed by atoms with E-state index in [1.165, 1.54) is 18.3 Å². The highest BCUT2D eigenvalue weighted by atomic mass is 35.5. The standard InChI is InChI=1S/C9H8ClN5O/c10-6-3-5(4-7(11)14-6)8(16)15-9-12-1-2-13-9/h1-4H,(H2,11,14)(H2,12,13,15,16). The predicted molar refractivity (Wildman–Crippen MR) is 60.2 cm³/mol. The Kier molecular flexibility index (Phi) is 2.74. The molecule has 0 saturated heterocycles. The van der Waals surface area contributed by atoms with E-state index in [2.05, 4.69) is 20.3 Å². The van der Waals surface area contributed by atoms with Crippen molar-refractivity contribution in [2.45, 2.75) is 0 Å². The Bertz CT molecular complexity index is 490. The summed E-state index contributed by atoms with van der Waals surface area (Å²) in [5, 5.41) is 2.72. The molecule has 0 unspecified atom stereocenters. The van der Waals surface area contributed by atoms with Crippen LogP contribution in [-0.2, 0) is 0 Å². The minimum atomic E-state index is -0.356. The van der Waals surface area contributed by atoms with Crippen LogP contribution < -0.4 is 11.1 Å². The van der Waals surface area contributed by atoms with Crippen molar-refractivity contribution in [2.24, 2.45) is 0 Å². The zero-order chi connectivity index (χ0) is 11.5. The number of nitrogens with two attached hydrogens (primary N) is 1. The molecule has 6 nitrogen and oxygen atoms in total. The first kappa shape index (κ1) is 10.4. The molecule has 0 fully saturated rings. The first-order chi connectivity index (χ1) is 7.65. The molecule has 0 saturated carbocycles. The molecule has 1 amide bonds. The van der Waals surface area contributed by atoms with E-state index in [0.29, 0.717) is 11.5 Å². The third-order valence-corrected chi connectivity index (χ3v) is 2.00. The van der Waals surface area contributed by atoms with Crippen LogP contribution in [0.25, 0.3) is 0 Å². The molecule has 0 spiro atoms. The van der Waals surface area contributed by atoms with Crippen molar-refractivity contribution in [3.8, 4) is 0 Å². The summed E-state index contributed by atoms with van der Waals surface area (Å²) < 4.78 is 0. The van der Waals surface area contributed by atoms with E-state index in [1.54, 1.807) is 6.20 Å². The number of pyridine rings is 1. The molecule has 7 heteroatoms. The van der Waals surface area contributed by atoms with Gasteiger partial charge in [-0.05, 0) is 12.1 Å². The number of anilines is 2. The number of hydrogen-bond acceptors (Lipinski definition) is 4. The third-order valence-electron chi connectivity index (χ3n) is 1.81. The molecule has 0 aliphatic rings. The van der Waals surface area contributed by atoms with Crippen LogP contribution in [0, 0.1) is 0 Å². The SMILES string of the molecule is Nc1cc(C(=O)Nc2ncc[nH]2)cc(Cl)n1. The highest BCUT2D eigenvalue weighted by Crippen LogP contribution is 2.13. The van der Waals surface area contributed by atoms with Gasteiger partial charge in [0.05, 0.1) is 0 Å². The topological polar surface area (TPSA) is 96.7 Å². The summed E-state index contributed by atoms with van der Waals surface area (Å²) >= 11 is 5.68. The monoisotopic (exact) mass is 237 g/mol. The highest BCUT2D eigenvalue weighted by molar-refractivity contribution is 6.30. The molecular weight excluding hydrogens is 230 g/mol. The molecule has 0 aromatic carbocycles. The van der Waals surface area contributed by atoms with E-state index in [9.17, 15) is 4.79 Å². The Morgan fingerprint density at radius 2 is 2.31 bits per heavy atom. The van der Waals surface area contributed by atoms with Gasteiger partial charge in [-0.3, -0.25) is 10.1 Å². The van der Waals surface area contributed by atoms with Crippen molar-refractivity contribution in [1.82, 2.24) is 15.0 Å². The lowest BCUT2D eigenvalue weighted by Gasteiger charge is -2.03. The van der Waals surface area contributed by atoms with E-state index < -0.39 is 0 Å². The van der Waals surface area contributed by atoms with Crippen molar-refractivity contribution >= 4 is 29.3 Å². The molecule has 82 valence electrons. The Labute approximate surface area is 95.9 Å². The average molecular weight is 238 g/mol. The minimum absolute atomic E-state index is 0.171. The Morgan fingerprint density at radius 1 is 1.50 bits per heavy atom. The second-order valence-corrected chi connectivity index (χ2v) is 3.38. The largest absolute Gasteiger partial charge is 0.384 e. The summed E-state index contributed by atoms with van der Waals surface area (Å²) in [6, 6.07) is 2.86. The first-order valence-corrected chi connectivity index (χ1v) is 4.77. The van der Waals surface area contributed by atoms with Gasteiger partial charge in [0.2, 0.25) is 5.95 Å². The fourth-order valence-electron chi connectivity index (χ4n) is 1.16. The number of nitrogens with one attached hydrogen (secondary N) is 2. The van der Waals surface area contributed by atoms with Crippen molar-refractivity contribution in [1.29, 1.82) is 0 Å². The second kappa shape index (κ2) is 4.19. The Hall–Kier alpha value is -2.08. The molecule has 0 radical (unpaired) electrons. The number of halogens is 1. The summed E-state index contributed by atoms with van der Waals surface area (Å²) in [5.74, 6) is 0.194. The lowest BCUT2D eigenvalue weighted by molar-refractivity contribution is 0.102. The molecule has 2 heterocycles. The van der Waals surface area contributed by atoms with Crippen molar-refractivity contribution in [3.05, 3.63) is 35.2 Å². The molecular formula is C9H8ClN5O. The predicted octanol–water partition coefficient (Wildman–Crippen LogP) is 1.29. The second-order valence-electron chi connectivity index (χ2n) is 3.00. The van der Waals surface area contributed by atoms with Crippen LogP contribution in [0.15, 0.2) is 24.5 Å². The Morgan fingerprint density at radius 3 is 2.94 bits per heavy atom. The van der Waals surface area contributed by atoms with Crippen molar-refractivity contribution < 1.29 is 4.79 Å². The number of H-pyrrole nitrogens is 1. The summed E-state index contributed by atoms with van der Waals surface area (Å²) in [4.78, 5) is 22.1. The fourth-order valence-corrected chi connectivity index (χ4v) is 1.38. The van der Waals surface area contributed by atoms with Crippen LogP contribution in [0.4, 0.5) is 11.8 Å². The molecule has 2 aromatic rings. The minimum Gasteiger partial charge on any atom is -0.384 e. The molecule has 2 rings (SSSR count). The maximum absolute atomic E-state index is 11.7. The number of aromatic nitrogens is 3. The van der Waals surface area contributed by atoms with Crippen LogP contribution in [0.3, 0.4) is 0 Å². The van der Waals surface area contributed by atoms with Gasteiger partial charge in [-0.15, -0.1) is 0 Å². The quantitative estimate of drug-likeness (QED) is 0.686. The lowest BCUT2D eigenvalue weighted by Crippen LogP contribution is -2.13. The summed E-state index contributed by atoms with van der Waals surface area (Å²) in [6.45, 7) is 0. The van der Waals surface area contributed by atoms with Crippen LogP contribution in [0.5, 0.6) is 0 Å². The van der Waals surface area contributed by atoms with Gasteiger partial charge in [-0.2, -0.15) is 0 Å². The zero-order valence-electron chi connectivity index (χ0n) is 8.07. The lowest BCUT2D eigenvalue weighted by atomic mass is 10.2. The maximum Gasteiger partial charge on any atom is 0.258 e. The number of nitrogen functional groups attached to an aromatic ring is 1. The molecule has 16 heavy (non-hydrogen) atoms. The van der Waals surface area contributed by atoms with Gasteiger partial charge in [-0.1, -0.05) is 11.6 Å². The van der Waals surface area contributed by atoms with Crippen molar-refractivity contribution in [3.63, 3.8) is 0 Å². The van der Waals surface area contributed by atoms with Crippen LogP contribution >= 0.6 is 11.6 Å². The van der Waals surface area contributed by atoms with Gasteiger partial charge in [0.1, 0.15) is 11.0 Å². The molecule has 2 aromatic heterocycles. The van der Waals surface area contributed by atoms with Gasteiger partial charge in [0.25, 0.3) is 5.91 Å². The number of imidazole rings is 1. The molecule has 0 aliphatic heterocycles. The van der Waals surface area contributed by atoms with E-state index in [4.69, 9.17) is 17.3 Å². The number of carbonyl (C=O) groups is 1. The van der Waals surface area contributed by atoms with Crippen molar-refractivity contribution in [2.75, 3.05) is 11.1 Å². The smallest absolute Gasteiger partial charge is 0.258 e. The maximum atomic E-state index is 11.7. The number of amides is 1. The number of rotatable bonds is 2. The van der Waals surface area contributed by atoms with Gasteiger partial charge < -0.3 is 10.7 Å². The van der Waals surface area contributed by atoms with E-state index in [1.807, 2.05) is 0 Å². The highest BCUT2D eigenvalue weighted by Gasteiger charge is 2.09. The first-order valence-electron chi connectivity index (χ1n) is 4.39.